The number of anilines is 1. The van der Waals surface area contributed by atoms with E-state index in [-0.39, 0.29) is 12.2 Å². The van der Waals surface area contributed by atoms with Crippen LogP contribution in [0.4, 0.5) is 5.82 Å². The molecule has 2 atom stereocenters. The highest BCUT2D eigenvalue weighted by atomic mass is 32.2. The lowest BCUT2D eigenvalue weighted by molar-refractivity contribution is -0.125. The number of benzene rings is 1. The van der Waals surface area contributed by atoms with Crippen molar-refractivity contribution in [3.05, 3.63) is 48.2 Å². The largest absolute Gasteiger partial charge is 0.368 e. The summed E-state index contributed by atoms with van der Waals surface area (Å²) in [5.41, 5.74) is 6.21. The SMILES string of the molecule is C[C@@H](C(N)=O)N(C(=O)[C@H](Cc1ccccc1)NS(=O)(=O)N1CCNCC1)c1cc[nH]n1. The van der Waals surface area contributed by atoms with Crippen LogP contribution < -0.4 is 20.7 Å². The van der Waals surface area contributed by atoms with Gasteiger partial charge in [-0.25, -0.2) is 0 Å². The summed E-state index contributed by atoms with van der Waals surface area (Å²) in [6, 6.07) is 8.36. The third-order valence-electron chi connectivity index (χ3n) is 5.06. The molecule has 1 aliphatic heterocycles. The molecule has 0 aliphatic carbocycles. The first kappa shape index (κ1) is 22.9. The molecule has 168 valence electrons. The van der Waals surface area contributed by atoms with Crippen molar-refractivity contribution in [2.75, 3.05) is 31.1 Å². The fraction of sp³-hybridized carbons (Fsp3) is 0.421. The van der Waals surface area contributed by atoms with Gasteiger partial charge in [-0.2, -0.15) is 22.5 Å². The third-order valence-corrected chi connectivity index (χ3v) is 6.68. The number of carbonyl (C=O) groups excluding carboxylic acids is 2. The van der Waals surface area contributed by atoms with E-state index in [9.17, 15) is 18.0 Å². The number of hydrogen-bond acceptors (Lipinski definition) is 6. The lowest BCUT2D eigenvalue weighted by atomic mass is 10.0. The molecule has 1 aliphatic rings. The van der Waals surface area contributed by atoms with E-state index < -0.39 is 34.1 Å². The second-order valence-electron chi connectivity index (χ2n) is 7.23. The van der Waals surface area contributed by atoms with Gasteiger partial charge in [0, 0.05) is 38.4 Å². The summed E-state index contributed by atoms with van der Waals surface area (Å²) in [6.07, 6.45) is 1.60. The average molecular weight is 450 g/mol. The van der Waals surface area contributed by atoms with Gasteiger partial charge in [-0.05, 0) is 18.9 Å². The molecule has 2 heterocycles. The quantitative estimate of drug-likeness (QED) is 0.384. The van der Waals surface area contributed by atoms with Gasteiger partial charge >= 0.3 is 0 Å². The van der Waals surface area contributed by atoms with E-state index in [1.54, 1.807) is 24.3 Å². The molecule has 3 rings (SSSR count). The molecule has 1 saturated heterocycles. The Morgan fingerprint density at radius 3 is 2.48 bits per heavy atom. The van der Waals surface area contributed by atoms with Gasteiger partial charge in [-0.15, -0.1) is 0 Å². The maximum atomic E-state index is 13.6. The van der Waals surface area contributed by atoms with E-state index in [1.807, 2.05) is 6.07 Å². The van der Waals surface area contributed by atoms with Gasteiger partial charge in [0.1, 0.15) is 12.1 Å². The van der Waals surface area contributed by atoms with Crippen LogP contribution in [-0.2, 0) is 26.2 Å². The third kappa shape index (κ3) is 5.67. The van der Waals surface area contributed by atoms with E-state index >= 15 is 0 Å². The minimum Gasteiger partial charge on any atom is -0.368 e. The number of nitrogens with zero attached hydrogens (tertiary/aromatic N) is 3. The van der Waals surface area contributed by atoms with Crippen LogP contribution in [0.15, 0.2) is 42.6 Å². The van der Waals surface area contributed by atoms with Crippen LogP contribution in [0.3, 0.4) is 0 Å². The molecule has 12 heteroatoms. The predicted octanol–water partition coefficient (Wildman–Crippen LogP) is -1.03. The summed E-state index contributed by atoms with van der Waals surface area (Å²) in [4.78, 5) is 26.6. The summed E-state index contributed by atoms with van der Waals surface area (Å²) in [6.45, 7) is 3.11. The van der Waals surface area contributed by atoms with Crippen LogP contribution in [0.5, 0.6) is 0 Å². The van der Waals surface area contributed by atoms with Crippen molar-refractivity contribution in [3.63, 3.8) is 0 Å². The topological polar surface area (TPSA) is 154 Å². The van der Waals surface area contributed by atoms with Gasteiger partial charge in [0.15, 0.2) is 5.82 Å². The number of rotatable bonds is 9. The molecule has 0 saturated carbocycles. The van der Waals surface area contributed by atoms with Crippen molar-refractivity contribution < 1.29 is 18.0 Å². The zero-order valence-electron chi connectivity index (χ0n) is 17.2. The summed E-state index contributed by atoms with van der Waals surface area (Å²) in [5.74, 6) is -1.18. The fourth-order valence-electron chi connectivity index (χ4n) is 3.35. The van der Waals surface area contributed by atoms with Gasteiger partial charge in [0.05, 0.1) is 0 Å². The zero-order valence-corrected chi connectivity index (χ0v) is 18.0. The van der Waals surface area contributed by atoms with Gasteiger partial charge in [-0.3, -0.25) is 19.6 Å². The highest BCUT2D eigenvalue weighted by Gasteiger charge is 2.36. The van der Waals surface area contributed by atoms with Crippen molar-refractivity contribution in [1.29, 1.82) is 0 Å². The Kier molecular flexibility index (Phi) is 7.38. The van der Waals surface area contributed by atoms with Gasteiger partial charge in [0.2, 0.25) is 11.8 Å². The number of nitrogens with two attached hydrogens (primary N) is 1. The second-order valence-corrected chi connectivity index (χ2v) is 8.94. The summed E-state index contributed by atoms with van der Waals surface area (Å²) < 4.78 is 29.8. The van der Waals surface area contributed by atoms with Gasteiger partial charge < -0.3 is 11.1 Å². The van der Waals surface area contributed by atoms with Gasteiger partial charge in [0.25, 0.3) is 10.2 Å². The number of primary amides is 1. The normalized spacial score (nSPS) is 17.1. The summed E-state index contributed by atoms with van der Waals surface area (Å²) in [7, 11) is -3.94. The minimum atomic E-state index is -3.94. The maximum Gasteiger partial charge on any atom is 0.280 e. The fourth-order valence-corrected chi connectivity index (χ4v) is 4.71. The zero-order chi connectivity index (χ0) is 22.4. The smallest absolute Gasteiger partial charge is 0.280 e. The molecule has 11 nitrogen and oxygen atoms in total. The van der Waals surface area contributed by atoms with Crippen LogP contribution in [0.1, 0.15) is 12.5 Å². The Morgan fingerprint density at radius 2 is 1.90 bits per heavy atom. The van der Waals surface area contributed by atoms with E-state index in [1.165, 1.54) is 23.5 Å². The van der Waals surface area contributed by atoms with Crippen LogP contribution in [0, 0.1) is 0 Å². The molecular weight excluding hydrogens is 422 g/mol. The first-order valence-electron chi connectivity index (χ1n) is 9.94. The average Bonchev–Trinajstić information content (AvgIpc) is 3.29. The van der Waals surface area contributed by atoms with Crippen LogP contribution in [0.25, 0.3) is 0 Å². The number of nitrogens with one attached hydrogen (secondary N) is 3. The van der Waals surface area contributed by atoms with Gasteiger partial charge in [-0.1, -0.05) is 30.3 Å². The lowest BCUT2D eigenvalue weighted by Gasteiger charge is -2.32. The van der Waals surface area contributed by atoms with E-state index in [4.69, 9.17) is 5.73 Å². The Bertz CT molecular complexity index is 976. The number of hydrogen-bond donors (Lipinski definition) is 4. The van der Waals surface area contributed by atoms with Crippen molar-refractivity contribution >= 4 is 27.8 Å². The Hall–Kier alpha value is -2.80. The van der Waals surface area contributed by atoms with E-state index in [0.29, 0.717) is 26.2 Å². The highest BCUT2D eigenvalue weighted by Crippen LogP contribution is 2.17. The van der Waals surface area contributed by atoms with Crippen molar-refractivity contribution in [2.45, 2.75) is 25.4 Å². The molecule has 2 amide bonds. The van der Waals surface area contributed by atoms with Crippen LogP contribution in [-0.4, -0.2) is 73.0 Å². The number of aromatic nitrogens is 2. The number of H-pyrrole nitrogens is 1. The number of carbonyl (C=O) groups is 2. The van der Waals surface area contributed by atoms with Crippen molar-refractivity contribution in [1.82, 2.24) is 24.5 Å². The summed E-state index contributed by atoms with van der Waals surface area (Å²) in [5, 5.41) is 9.69. The van der Waals surface area contributed by atoms with E-state index in [2.05, 4.69) is 20.2 Å². The molecule has 1 aromatic carbocycles. The molecule has 0 unspecified atom stereocenters. The molecular formula is C19H27N7O4S. The molecule has 1 aromatic heterocycles. The molecule has 0 radical (unpaired) electrons. The van der Waals surface area contributed by atoms with Crippen molar-refractivity contribution in [2.24, 2.45) is 5.73 Å². The predicted molar refractivity (Wildman–Crippen MR) is 115 cm³/mol. The molecule has 0 spiro atoms. The monoisotopic (exact) mass is 449 g/mol. The lowest BCUT2D eigenvalue weighted by Crippen LogP contribution is -2.58. The van der Waals surface area contributed by atoms with Crippen LogP contribution in [0.2, 0.25) is 0 Å². The van der Waals surface area contributed by atoms with Crippen LogP contribution >= 0.6 is 0 Å². The molecule has 0 bridgehead atoms. The number of amides is 2. The van der Waals surface area contributed by atoms with E-state index in [0.717, 1.165) is 10.5 Å². The molecule has 1 fully saturated rings. The first-order chi connectivity index (χ1) is 14.8. The molecule has 31 heavy (non-hydrogen) atoms. The second kappa shape index (κ2) is 10.0. The number of piperazine rings is 1. The Balaban J connectivity index is 1.93. The first-order valence-corrected chi connectivity index (χ1v) is 11.4. The standard InChI is InChI=1S/C19H27N7O4S/c1-14(18(20)27)26(17-7-8-22-23-17)19(28)16(13-15-5-3-2-4-6-15)24-31(29,30)25-11-9-21-10-12-25/h2-8,14,16,21,24H,9-13H2,1H3,(H2,20,27)(H,22,23)/t14-,16-/m0/s1. The Morgan fingerprint density at radius 1 is 1.23 bits per heavy atom. The highest BCUT2D eigenvalue weighted by molar-refractivity contribution is 7.87. The molecule has 5 N–H and O–H groups in total. The Labute approximate surface area is 181 Å². The van der Waals surface area contributed by atoms with Crippen molar-refractivity contribution in [3.8, 4) is 0 Å². The maximum absolute atomic E-state index is 13.6. The summed E-state index contributed by atoms with van der Waals surface area (Å²) >= 11 is 0. The molecule has 2 aromatic rings. The number of aromatic amines is 1. The minimum absolute atomic E-state index is 0.0946.